The standard InChI is InChI=1S/C23H20N4O3/c24-11-16-10-18(25-23(29)21-4-2-8-30-21)6-7-19(16)26-12-15-9-17(14-26)20-3-1-5-22(28)27(20)13-15/h1-8,10,15,17H,9,12-14H2,(H,25,29). The molecule has 4 heterocycles. The number of aromatic nitrogens is 1. The Kier molecular flexibility index (Phi) is 4.40. The van der Waals surface area contributed by atoms with Crippen molar-refractivity contribution in [2.75, 3.05) is 23.3 Å². The van der Waals surface area contributed by atoms with Crippen molar-refractivity contribution in [3.05, 3.63) is 82.2 Å². The number of hydrogen-bond acceptors (Lipinski definition) is 5. The number of pyridine rings is 1. The van der Waals surface area contributed by atoms with Gasteiger partial charge in [-0.3, -0.25) is 9.59 Å². The molecule has 1 aromatic carbocycles. The molecule has 2 unspecified atom stereocenters. The fourth-order valence-corrected chi connectivity index (χ4v) is 4.67. The SMILES string of the molecule is N#Cc1cc(NC(=O)c2ccco2)ccc1N1CC2CC(C1)c1cccc(=O)n1C2. The molecule has 1 amide bonds. The number of hydrogen-bond donors (Lipinski definition) is 1. The fraction of sp³-hybridized carbons (Fsp3) is 0.261. The van der Waals surface area contributed by atoms with Crippen molar-refractivity contribution in [3.8, 4) is 6.07 Å². The van der Waals surface area contributed by atoms with Gasteiger partial charge in [0.1, 0.15) is 6.07 Å². The molecule has 0 radical (unpaired) electrons. The number of anilines is 2. The quantitative estimate of drug-likeness (QED) is 0.729. The summed E-state index contributed by atoms with van der Waals surface area (Å²) in [6.07, 6.45) is 2.50. The number of carbonyl (C=O) groups is 1. The van der Waals surface area contributed by atoms with Gasteiger partial charge < -0.3 is 19.2 Å². The number of piperidine rings is 1. The lowest BCUT2D eigenvalue weighted by atomic mass is 9.82. The molecule has 1 N–H and O–H groups in total. The van der Waals surface area contributed by atoms with Gasteiger partial charge >= 0.3 is 0 Å². The molecule has 3 aromatic rings. The Morgan fingerprint density at radius 1 is 1.13 bits per heavy atom. The Morgan fingerprint density at radius 3 is 2.83 bits per heavy atom. The summed E-state index contributed by atoms with van der Waals surface area (Å²) in [4.78, 5) is 26.7. The van der Waals surface area contributed by atoms with Crippen LogP contribution in [0.2, 0.25) is 0 Å². The highest BCUT2D eigenvalue weighted by Crippen LogP contribution is 2.38. The number of rotatable bonds is 3. The summed E-state index contributed by atoms with van der Waals surface area (Å²) < 4.78 is 7.01. The minimum Gasteiger partial charge on any atom is -0.459 e. The summed E-state index contributed by atoms with van der Waals surface area (Å²) in [5, 5.41) is 12.5. The van der Waals surface area contributed by atoms with Crippen LogP contribution in [0.15, 0.2) is 64.0 Å². The fourth-order valence-electron chi connectivity index (χ4n) is 4.67. The Labute approximate surface area is 173 Å². The van der Waals surface area contributed by atoms with Crippen LogP contribution in [0, 0.1) is 17.2 Å². The largest absolute Gasteiger partial charge is 0.459 e. The number of carbonyl (C=O) groups excluding carboxylic acids is 1. The van der Waals surface area contributed by atoms with E-state index < -0.39 is 0 Å². The van der Waals surface area contributed by atoms with E-state index in [4.69, 9.17) is 4.42 Å². The maximum Gasteiger partial charge on any atom is 0.291 e. The van der Waals surface area contributed by atoms with Crippen LogP contribution in [-0.2, 0) is 6.54 Å². The first-order chi connectivity index (χ1) is 14.6. The third-order valence-electron chi connectivity index (χ3n) is 5.94. The molecule has 1 fully saturated rings. The first-order valence-corrected chi connectivity index (χ1v) is 9.96. The smallest absolute Gasteiger partial charge is 0.291 e. The van der Waals surface area contributed by atoms with Gasteiger partial charge in [-0.2, -0.15) is 5.26 Å². The van der Waals surface area contributed by atoms with Gasteiger partial charge in [0.15, 0.2) is 5.76 Å². The van der Waals surface area contributed by atoms with Crippen LogP contribution in [0.25, 0.3) is 0 Å². The molecule has 2 aliphatic rings. The molecule has 7 nitrogen and oxygen atoms in total. The van der Waals surface area contributed by atoms with Gasteiger partial charge in [-0.25, -0.2) is 0 Å². The number of fused-ring (bicyclic) bond motifs is 4. The third kappa shape index (κ3) is 3.16. The van der Waals surface area contributed by atoms with Crippen molar-refractivity contribution >= 4 is 17.3 Å². The predicted molar refractivity (Wildman–Crippen MR) is 112 cm³/mol. The van der Waals surface area contributed by atoms with Crippen molar-refractivity contribution in [2.45, 2.75) is 18.9 Å². The zero-order chi connectivity index (χ0) is 20.7. The summed E-state index contributed by atoms with van der Waals surface area (Å²) in [5.74, 6) is 0.485. The monoisotopic (exact) mass is 400 g/mol. The van der Waals surface area contributed by atoms with E-state index in [-0.39, 0.29) is 23.1 Å². The summed E-state index contributed by atoms with van der Waals surface area (Å²) >= 11 is 0. The molecular weight excluding hydrogens is 380 g/mol. The second-order valence-electron chi connectivity index (χ2n) is 7.88. The molecule has 2 bridgehead atoms. The van der Waals surface area contributed by atoms with Crippen LogP contribution < -0.4 is 15.8 Å². The molecule has 5 rings (SSSR count). The number of amides is 1. The minimum absolute atomic E-state index is 0.0602. The molecule has 30 heavy (non-hydrogen) atoms. The van der Waals surface area contributed by atoms with Crippen LogP contribution in [0.4, 0.5) is 11.4 Å². The van der Waals surface area contributed by atoms with Crippen LogP contribution in [0.1, 0.15) is 34.2 Å². The number of nitriles is 1. The van der Waals surface area contributed by atoms with Crippen molar-refractivity contribution in [1.82, 2.24) is 4.57 Å². The van der Waals surface area contributed by atoms with E-state index in [1.807, 2.05) is 22.8 Å². The van der Waals surface area contributed by atoms with Gasteiger partial charge in [-0.15, -0.1) is 0 Å². The number of benzene rings is 1. The zero-order valence-electron chi connectivity index (χ0n) is 16.2. The average molecular weight is 400 g/mol. The highest BCUT2D eigenvalue weighted by atomic mass is 16.3. The van der Waals surface area contributed by atoms with Gasteiger partial charge in [0.05, 0.1) is 17.5 Å². The molecule has 2 aliphatic heterocycles. The van der Waals surface area contributed by atoms with E-state index in [9.17, 15) is 14.9 Å². The first kappa shape index (κ1) is 18.3. The van der Waals surface area contributed by atoms with Gasteiger partial charge in [0.2, 0.25) is 0 Å². The van der Waals surface area contributed by atoms with E-state index in [0.29, 0.717) is 23.7 Å². The van der Waals surface area contributed by atoms with Gasteiger partial charge in [0, 0.05) is 43.0 Å². The minimum atomic E-state index is -0.355. The van der Waals surface area contributed by atoms with Crippen LogP contribution in [0.3, 0.4) is 0 Å². The van der Waals surface area contributed by atoms with Crippen molar-refractivity contribution in [2.24, 2.45) is 5.92 Å². The molecule has 0 saturated carbocycles. The van der Waals surface area contributed by atoms with Gasteiger partial charge in [-0.1, -0.05) is 6.07 Å². The Balaban J connectivity index is 1.40. The van der Waals surface area contributed by atoms with Crippen LogP contribution in [0.5, 0.6) is 0 Å². The normalized spacial score (nSPS) is 19.6. The average Bonchev–Trinajstić information content (AvgIpc) is 3.29. The second-order valence-corrected chi connectivity index (χ2v) is 7.88. The predicted octanol–water partition coefficient (Wildman–Crippen LogP) is 3.19. The number of nitrogens with one attached hydrogen (secondary N) is 1. The van der Waals surface area contributed by atoms with Crippen LogP contribution in [-0.4, -0.2) is 23.6 Å². The highest BCUT2D eigenvalue weighted by Gasteiger charge is 2.35. The summed E-state index contributed by atoms with van der Waals surface area (Å²) in [6.45, 7) is 2.26. The molecule has 0 aliphatic carbocycles. The van der Waals surface area contributed by atoms with Crippen LogP contribution >= 0.6 is 0 Å². The maximum atomic E-state index is 12.2. The second kappa shape index (κ2) is 7.23. The Morgan fingerprint density at radius 2 is 2.03 bits per heavy atom. The summed E-state index contributed by atoms with van der Waals surface area (Å²) in [5.41, 5.74) is 3.05. The molecule has 7 heteroatoms. The van der Waals surface area contributed by atoms with Gasteiger partial charge in [-0.05, 0) is 48.7 Å². The van der Waals surface area contributed by atoms with E-state index in [1.165, 1.54) is 6.26 Å². The molecular formula is C23H20N4O3. The zero-order valence-corrected chi connectivity index (χ0v) is 16.2. The van der Waals surface area contributed by atoms with E-state index in [1.54, 1.807) is 30.3 Å². The topological polar surface area (TPSA) is 91.3 Å². The first-order valence-electron chi connectivity index (χ1n) is 9.96. The Hall–Kier alpha value is -3.79. The molecule has 0 spiro atoms. The maximum absolute atomic E-state index is 12.2. The van der Waals surface area contributed by atoms with E-state index in [0.717, 1.165) is 30.9 Å². The molecule has 1 saturated heterocycles. The molecule has 2 aromatic heterocycles. The summed E-state index contributed by atoms with van der Waals surface area (Å²) in [7, 11) is 0. The van der Waals surface area contributed by atoms with Gasteiger partial charge in [0.25, 0.3) is 11.5 Å². The highest BCUT2D eigenvalue weighted by molar-refractivity contribution is 6.02. The number of nitrogens with zero attached hydrogens (tertiary/aromatic N) is 3. The Bertz CT molecular complexity index is 1210. The van der Waals surface area contributed by atoms with E-state index >= 15 is 0 Å². The lowest BCUT2D eigenvalue weighted by Crippen LogP contribution is -2.47. The molecule has 2 atom stereocenters. The molecule has 150 valence electrons. The lowest BCUT2D eigenvalue weighted by molar-refractivity contribution is 0.0996. The van der Waals surface area contributed by atoms with Crippen molar-refractivity contribution in [3.63, 3.8) is 0 Å². The number of furan rings is 1. The van der Waals surface area contributed by atoms with Crippen molar-refractivity contribution < 1.29 is 9.21 Å². The van der Waals surface area contributed by atoms with Crippen molar-refractivity contribution in [1.29, 1.82) is 5.26 Å². The van der Waals surface area contributed by atoms with E-state index in [2.05, 4.69) is 16.3 Å². The third-order valence-corrected chi connectivity index (χ3v) is 5.94. The lowest BCUT2D eigenvalue weighted by Gasteiger charge is -2.44. The summed E-state index contributed by atoms with van der Waals surface area (Å²) in [6, 6.07) is 16.4.